The molecule has 16 heavy (non-hydrogen) atoms. The summed E-state index contributed by atoms with van der Waals surface area (Å²) in [6.07, 6.45) is 8.92. The zero-order chi connectivity index (χ0) is 11.4. The van der Waals surface area contributed by atoms with Gasteiger partial charge in [0.25, 0.3) is 0 Å². The van der Waals surface area contributed by atoms with Gasteiger partial charge in [0, 0.05) is 11.8 Å². The molecule has 0 atom stereocenters. The SMILES string of the molecule is O=C(O)CCCC1(C2CCCCC2)COC1. The quantitative estimate of drug-likeness (QED) is 0.784. The molecular formula is C13H22O3. The van der Waals surface area contributed by atoms with Crippen molar-refractivity contribution in [2.45, 2.75) is 51.4 Å². The zero-order valence-electron chi connectivity index (χ0n) is 9.91. The van der Waals surface area contributed by atoms with Crippen LogP contribution in [0.5, 0.6) is 0 Å². The topological polar surface area (TPSA) is 46.5 Å². The first-order valence-electron chi connectivity index (χ1n) is 6.52. The largest absolute Gasteiger partial charge is 0.481 e. The summed E-state index contributed by atoms with van der Waals surface area (Å²) in [6, 6.07) is 0. The van der Waals surface area contributed by atoms with Crippen molar-refractivity contribution in [2.24, 2.45) is 11.3 Å². The van der Waals surface area contributed by atoms with Gasteiger partial charge in [-0.05, 0) is 31.6 Å². The van der Waals surface area contributed by atoms with E-state index >= 15 is 0 Å². The lowest BCUT2D eigenvalue weighted by Crippen LogP contribution is -2.49. The highest BCUT2D eigenvalue weighted by Gasteiger charge is 2.44. The molecule has 2 rings (SSSR count). The molecule has 2 fully saturated rings. The highest BCUT2D eigenvalue weighted by atomic mass is 16.5. The van der Waals surface area contributed by atoms with E-state index in [1.807, 2.05) is 0 Å². The third kappa shape index (κ3) is 2.57. The zero-order valence-corrected chi connectivity index (χ0v) is 9.91. The second-order valence-corrected chi connectivity index (χ2v) is 5.44. The molecule has 0 aromatic carbocycles. The van der Waals surface area contributed by atoms with Crippen molar-refractivity contribution in [1.82, 2.24) is 0 Å². The van der Waals surface area contributed by atoms with Crippen LogP contribution in [0.25, 0.3) is 0 Å². The van der Waals surface area contributed by atoms with Gasteiger partial charge in [-0.25, -0.2) is 0 Å². The smallest absolute Gasteiger partial charge is 0.303 e. The predicted octanol–water partition coefficient (Wildman–Crippen LogP) is 2.84. The number of carbonyl (C=O) groups is 1. The molecule has 1 aliphatic heterocycles. The van der Waals surface area contributed by atoms with E-state index in [9.17, 15) is 4.79 Å². The molecule has 0 aromatic rings. The Morgan fingerprint density at radius 1 is 1.25 bits per heavy atom. The van der Waals surface area contributed by atoms with Crippen molar-refractivity contribution in [1.29, 1.82) is 0 Å². The second-order valence-electron chi connectivity index (χ2n) is 5.44. The molecule has 1 N–H and O–H groups in total. The van der Waals surface area contributed by atoms with Crippen LogP contribution in [0.1, 0.15) is 51.4 Å². The molecular weight excluding hydrogens is 204 g/mol. The molecule has 1 saturated carbocycles. The fourth-order valence-electron chi connectivity index (χ4n) is 3.26. The van der Waals surface area contributed by atoms with Crippen molar-refractivity contribution in [3.63, 3.8) is 0 Å². The fraction of sp³-hybridized carbons (Fsp3) is 0.923. The first-order chi connectivity index (χ1) is 7.73. The summed E-state index contributed by atoms with van der Waals surface area (Å²) in [5.74, 6) is 0.128. The van der Waals surface area contributed by atoms with Gasteiger partial charge in [0.15, 0.2) is 0 Å². The number of rotatable bonds is 5. The summed E-state index contributed by atoms with van der Waals surface area (Å²) in [5.41, 5.74) is 0.343. The highest BCUT2D eigenvalue weighted by Crippen LogP contribution is 2.47. The van der Waals surface area contributed by atoms with Gasteiger partial charge in [-0.1, -0.05) is 19.3 Å². The molecule has 0 aromatic heterocycles. The molecule has 0 amide bonds. The minimum absolute atomic E-state index is 0.314. The molecule has 0 spiro atoms. The van der Waals surface area contributed by atoms with Gasteiger partial charge in [0.2, 0.25) is 0 Å². The maximum absolute atomic E-state index is 10.5. The Morgan fingerprint density at radius 3 is 2.44 bits per heavy atom. The van der Waals surface area contributed by atoms with Crippen molar-refractivity contribution in [3.05, 3.63) is 0 Å². The van der Waals surface area contributed by atoms with E-state index in [0.29, 0.717) is 11.8 Å². The van der Waals surface area contributed by atoms with Crippen molar-refractivity contribution in [2.75, 3.05) is 13.2 Å². The van der Waals surface area contributed by atoms with Crippen molar-refractivity contribution >= 4 is 5.97 Å². The van der Waals surface area contributed by atoms with Gasteiger partial charge in [-0.15, -0.1) is 0 Å². The standard InChI is InChI=1S/C13H22O3/c14-12(15)7-4-8-13(9-16-10-13)11-5-2-1-3-6-11/h11H,1-10H2,(H,14,15). The van der Waals surface area contributed by atoms with Crippen LogP contribution in [0.15, 0.2) is 0 Å². The van der Waals surface area contributed by atoms with Gasteiger partial charge in [-0.3, -0.25) is 4.79 Å². The van der Waals surface area contributed by atoms with Crippen LogP contribution in [0.4, 0.5) is 0 Å². The molecule has 3 nitrogen and oxygen atoms in total. The van der Waals surface area contributed by atoms with E-state index in [0.717, 1.165) is 32.0 Å². The van der Waals surface area contributed by atoms with E-state index < -0.39 is 5.97 Å². The monoisotopic (exact) mass is 226 g/mol. The third-order valence-electron chi connectivity index (χ3n) is 4.32. The molecule has 1 aliphatic carbocycles. The summed E-state index contributed by atoms with van der Waals surface area (Å²) in [7, 11) is 0. The Labute approximate surface area is 97.2 Å². The molecule has 3 heteroatoms. The van der Waals surface area contributed by atoms with Gasteiger partial charge < -0.3 is 9.84 Å². The number of hydrogen-bond donors (Lipinski definition) is 1. The summed E-state index contributed by atoms with van der Waals surface area (Å²) >= 11 is 0. The number of carboxylic acids is 1. The summed E-state index contributed by atoms with van der Waals surface area (Å²) in [4.78, 5) is 10.5. The second kappa shape index (κ2) is 5.17. The average Bonchev–Trinajstić information content (AvgIpc) is 2.23. The molecule has 0 bridgehead atoms. The number of carboxylic acid groups (broad SMARTS) is 1. The first kappa shape index (κ1) is 11.9. The maximum atomic E-state index is 10.5. The summed E-state index contributed by atoms with van der Waals surface area (Å²) < 4.78 is 5.40. The summed E-state index contributed by atoms with van der Waals surface area (Å²) in [6.45, 7) is 1.74. The van der Waals surface area contributed by atoms with E-state index in [-0.39, 0.29) is 0 Å². The molecule has 0 radical (unpaired) electrons. The number of hydrogen-bond acceptors (Lipinski definition) is 2. The molecule has 92 valence electrons. The van der Waals surface area contributed by atoms with Crippen LogP contribution in [0.3, 0.4) is 0 Å². The van der Waals surface area contributed by atoms with Crippen LogP contribution in [-0.4, -0.2) is 24.3 Å². The average molecular weight is 226 g/mol. The Hall–Kier alpha value is -0.570. The van der Waals surface area contributed by atoms with Crippen molar-refractivity contribution < 1.29 is 14.6 Å². The maximum Gasteiger partial charge on any atom is 0.303 e. The van der Waals surface area contributed by atoms with E-state index in [1.54, 1.807) is 0 Å². The van der Waals surface area contributed by atoms with Crippen LogP contribution in [-0.2, 0) is 9.53 Å². The first-order valence-corrected chi connectivity index (χ1v) is 6.52. The Kier molecular flexibility index (Phi) is 3.85. The number of ether oxygens (including phenoxy) is 1. The Balaban J connectivity index is 1.83. The number of aliphatic carboxylic acids is 1. The van der Waals surface area contributed by atoms with Gasteiger partial charge >= 0.3 is 5.97 Å². The normalized spacial score (nSPS) is 25.0. The van der Waals surface area contributed by atoms with E-state index in [4.69, 9.17) is 9.84 Å². The highest BCUT2D eigenvalue weighted by molar-refractivity contribution is 5.66. The van der Waals surface area contributed by atoms with Gasteiger partial charge in [0.1, 0.15) is 0 Å². The minimum Gasteiger partial charge on any atom is -0.481 e. The Morgan fingerprint density at radius 2 is 1.94 bits per heavy atom. The molecule has 1 heterocycles. The third-order valence-corrected chi connectivity index (χ3v) is 4.32. The van der Waals surface area contributed by atoms with Gasteiger partial charge in [0.05, 0.1) is 13.2 Å². The lowest BCUT2D eigenvalue weighted by Gasteiger charge is -2.49. The lowest BCUT2D eigenvalue weighted by atomic mass is 9.65. The summed E-state index contributed by atoms with van der Waals surface area (Å²) in [5, 5.41) is 8.68. The molecule has 1 saturated heterocycles. The van der Waals surface area contributed by atoms with E-state index in [1.165, 1.54) is 32.1 Å². The van der Waals surface area contributed by atoms with Crippen LogP contribution in [0, 0.1) is 11.3 Å². The van der Waals surface area contributed by atoms with Crippen LogP contribution >= 0.6 is 0 Å². The fourth-order valence-corrected chi connectivity index (χ4v) is 3.26. The Bertz CT molecular complexity index is 240. The predicted molar refractivity (Wildman–Crippen MR) is 61.3 cm³/mol. The van der Waals surface area contributed by atoms with Crippen LogP contribution in [0.2, 0.25) is 0 Å². The molecule has 0 unspecified atom stereocenters. The van der Waals surface area contributed by atoms with E-state index in [2.05, 4.69) is 0 Å². The van der Waals surface area contributed by atoms with Crippen LogP contribution < -0.4 is 0 Å². The van der Waals surface area contributed by atoms with Crippen molar-refractivity contribution in [3.8, 4) is 0 Å². The lowest BCUT2D eigenvalue weighted by molar-refractivity contribution is -0.159. The van der Waals surface area contributed by atoms with Gasteiger partial charge in [-0.2, -0.15) is 0 Å². The molecule has 2 aliphatic rings. The minimum atomic E-state index is -0.668.